The molecule has 0 bridgehead atoms. The first-order chi connectivity index (χ1) is 24.6. The summed E-state index contributed by atoms with van der Waals surface area (Å²) in [5.74, 6) is -1.43. The second-order valence-corrected chi connectivity index (χ2v) is 19.1. The summed E-state index contributed by atoms with van der Waals surface area (Å²) in [5, 5.41) is 18.2. The van der Waals surface area contributed by atoms with Crippen molar-refractivity contribution < 1.29 is 29.3 Å². The van der Waals surface area contributed by atoms with Gasteiger partial charge in [-0.25, -0.2) is 9.59 Å². The van der Waals surface area contributed by atoms with Crippen molar-refractivity contribution >= 4 is 11.9 Å². The highest BCUT2D eigenvalue weighted by Crippen LogP contribution is 2.53. The Balaban J connectivity index is 0.000000204. The number of aliphatic carboxylic acids is 2. The molecule has 2 aromatic rings. The van der Waals surface area contributed by atoms with Crippen LogP contribution < -0.4 is 0 Å². The predicted octanol–water partition coefficient (Wildman–Crippen LogP) is 11.0. The largest absolute Gasteiger partial charge is 0.478 e. The van der Waals surface area contributed by atoms with Crippen LogP contribution in [0.4, 0.5) is 0 Å². The Morgan fingerprint density at radius 3 is 1.49 bits per heavy atom. The number of aryl methyl sites for hydroxylation is 1. The molecule has 4 aliphatic rings. The Hall–Kier alpha value is -3.22. The Morgan fingerprint density at radius 2 is 1.02 bits per heavy atom. The van der Waals surface area contributed by atoms with E-state index in [0.29, 0.717) is 0 Å². The third-order valence-electron chi connectivity index (χ3n) is 14.0. The number of benzene rings is 2. The van der Waals surface area contributed by atoms with Gasteiger partial charge in [-0.05, 0) is 144 Å². The van der Waals surface area contributed by atoms with Crippen molar-refractivity contribution in [2.75, 3.05) is 14.2 Å². The molecular formula is C47H66O6. The van der Waals surface area contributed by atoms with Gasteiger partial charge in [-0.2, -0.15) is 0 Å². The highest BCUT2D eigenvalue weighted by molar-refractivity contribution is 5.80. The monoisotopic (exact) mass is 726 g/mol. The van der Waals surface area contributed by atoms with E-state index >= 15 is 0 Å². The van der Waals surface area contributed by atoms with E-state index in [-0.39, 0.29) is 33.5 Å². The molecule has 0 saturated heterocycles. The van der Waals surface area contributed by atoms with E-state index in [1.54, 1.807) is 26.4 Å². The molecule has 0 radical (unpaired) electrons. The minimum atomic E-state index is -0.916. The molecule has 0 amide bonds. The summed E-state index contributed by atoms with van der Waals surface area (Å²) >= 11 is 0. The molecule has 2 saturated carbocycles. The first-order valence-electron chi connectivity index (χ1n) is 19.9. The first-order valence-corrected chi connectivity index (χ1v) is 19.9. The van der Waals surface area contributed by atoms with Gasteiger partial charge in [-0.3, -0.25) is 0 Å². The summed E-state index contributed by atoms with van der Waals surface area (Å²) < 4.78 is 11.9. The van der Waals surface area contributed by atoms with E-state index in [2.05, 4.69) is 92.6 Å². The van der Waals surface area contributed by atoms with Gasteiger partial charge in [0.05, 0.1) is 11.2 Å². The van der Waals surface area contributed by atoms with Crippen LogP contribution in [-0.2, 0) is 40.7 Å². The Morgan fingerprint density at radius 1 is 0.604 bits per heavy atom. The van der Waals surface area contributed by atoms with E-state index in [1.165, 1.54) is 76.8 Å². The lowest BCUT2D eigenvalue weighted by molar-refractivity contribution is -0.132. The number of carboxylic acids is 2. The topological polar surface area (TPSA) is 93.1 Å². The molecule has 4 unspecified atom stereocenters. The van der Waals surface area contributed by atoms with E-state index in [1.807, 2.05) is 0 Å². The average Bonchev–Trinajstić information content (AvgIpc) is 3.72. The quantitative estimate of drug-likeness (QED) is 0.263. The van der Waals surface area contributed by atoms with Crippen molar-refractivity contribution in [1.82, 2.24) is 0 Å². The van der Waals surface area contributed by atoms with Gasteiger partial charge in [0.15, 0.2) is 0 Å². The molecule has 0 heterocycles. The van der Waals surface area contributed by atoms with Crippen molar-refractivity contribution in [3.8, 4) is 0 Å². The molecule has 2 aromatic carbocycles. The van der Waals surface area contributed by atoms with Crippen LogP contribution in [0.15, 0.2) is 54.6 Å². The number of ether oxygens (including phenoxy) is 2. The highest BCUT2D eigenvalue weighted by atomic mass is 16.5. The molecule has 0 spiro atoms. The SMILES string of the molecule is COC1(C=CC(=O)O)CCCC1c1cc2c(cc1C)C(C)(C)CCC2(C)C.COC1(C=CC(=O)O)CCCC1c1ccc2c(c1)C(C)(C)CCC2(C)C. The third-order valence-corrected chi connectivity index (χ3v) is 14.0. The highest BCUT2D eigenvalue weighted by Gasteiger charge is 2.46. The summed E-state index contributed by atoms with van der Waals surface area (Å²) in [6.07, 6.45) is 16.7. The van der Waals surface area contributed by atoms with Crippen molar-refractivity contribution in [2.45, 2.75) is 171 Å². The van der Waals surface area contributed by atoms with Gasteiger partial charge in [0.25, 0.3) is 0 Å². The van der Waals surface area contributed by atoms with Crippen LogP contribution in [0.2, 0.25) is 0 Å². The minimum Gasteiger partial charge on any atom is -0.478 e. The Kier molecular flexibility index (Phi) is 11.4. The molecule has 4 atom stereocenters. The van der Waals surface area contributed by atoms with Gasteiger partial charge in [0, 0.05) is 38.2 Å². The van der Waals surface area contributed by atoms with Gasteiger partial charge in [-0.15, -0.1) is 0 Å². The zero-order valence-electron chi connectivity index (χ0n) is 34.4. The van der Waals surface area contributed by atoms with Crippen LogP contribution in [0.1, 0.15) is 170 Å². The van der Waals surface area contributed by atoms with E-state index in [9.17, 15) is 9.59 Å². The standard InChI is InChI=1S/C24H34O3.C23H32O3/c1-16-14-19-20(23(4,5)13-12-22(19,2)3)15-17(16)18-8-7-10-24(18,27-6)11-9-21(25)26;1-21(2)13-14-22(3,4)19-15-16(8-9-18(19)21)17-7-6-11-23(17,26-5)12-10-20(24)25/h9,11,14-15,18H,7-8,10,12-13H2,1-6H3,(H,25,26);8-10,12,15,17H,6-7,11,13-14H2,1-5H3,(H,24,25). The second kappa shape index (κ2) is 14.8. The molecule has 6 heteroatoms. The maximum atomic E-state index is 11.1. The maximum absolute atomic E-state index is 11.1. The molecule has 290 valence electrons. The predicted molar refractivity (Wildman–Crippen MR) is 214 cm³/mol. The van der Waals surface area contributed by atoms with Crippen LogP contribution in [0, 0.1) is 6.92 Å². The number of carbonyl (C=O) groups is 2. The molecule has 4 aliphatic carbocycles. The Labute approximate surface area is 319 Å². The van der Waals surface area contributed by atoms with Crippen molar-refractivity contribution in [2.24, 2.45) is 0 Å². The fourth-order valence-corrected chi connectivity index (χ4v) is 10.3. The smallest absolute Gasteiger partial charge is 0.328 e. The van der Waals surface area contributed by atoms with Crippen LogP contribution >= 0.6 is 0 Å². The van der Waals surface area contributed by atoms with Crippen LogP contribution in [0.3, 0.4) is 0 Å². The first kappa shape index (κ1) is 41.0. The normalized spacial score (nSPS) is 29.3. The molecule has 0 aromatic heterocycles. The summed E-state index contributed by atoms with van der Waals surface area (Å²) in [6.45, 7) is 21.0. The summed E-state index contributed by atoms with van der Waals surface area (Å²) in [6, 6.07) is 11.8. The molecule has 0 aliphatic heterocycles. The zero-order valence-corrected chi connectivity index (χ0v) is 34.4. The van der Waals surface area contributed by atoms with Gasteiger partial charge >= 0.3 is 11.9 Å². The second-order valence-electron chi connectivity index (χ2n) is 19.1. The lowest BCUT2D eigenvalue weighted by Gasteiger charge is -2.43. The maximum Gasteiger partial charge on any atom is 0.328 e. The fraction of sp³-hybridized carbons (Fsp3) is 0.617. The summed E-state index contributed by atoms with van der Waals surface area (Å²) in [5.41, 5.74) is 9.46. The van der Waals surface area contributed by atoms with E-state index < -0.39 is 23.1 Å². The fourth-order valence-electron chi connectivity index (χ4n) is 10.3. The lowest BCUT2D eigenvalue weighted by Crippen LogP contribution is -2.36. The van der Waals surface area contributed by atoms with Crippen molar-refractivity contribution in [3.63, 3.8) is 0 Å². The zero-order chi connectivity index (χ0) is 39.2. The van der Waals surface area contributed by atoms with Gasteiger partial charge in [-0.1, -0.05) is 85.7 Å². The van der Waals surface area contributed by atoms with Crippen molar-refractivity contribution in [1.29, 1.82) is 0 Å². The lowest BCUT2D eigenvalue weighted by atomic mass is 9.62. The number of fused-ring (bicyclic) bond motifs is 2. The molecule has 2 N–H and O–H groups in total. The number of hydrogen-bond acceptors (Lipinski definition) is 4. The number of hydrogen-bond donors (Lipinski definition) is 2. The van der Waals surface area contributed by atoms with Gasteiger partial charge in [0.1, 0.15) is 0 Å². The third kappa shape index (κ3) is 7.96. The van der Waals surface area contributed by atoms with Crippen LogP contribution in [-0.4, -0.2) is 47.6 Å². The minimum absolute atomic E-state index is 0.165. The number of carboxylic acid groups (broad SMARTS) is 2. The van der Waals surface area contributed by atoms with Crippen LogP contribution in [0.25, 0.3) is 0 Å². The van der Waals surface area contributed by atoms with Gasteiger partial charge in [0.2, 0.25) is 0 Å². The molecule has 6 nitrogen and oxygen atoms in total. The molecule has 6 rings (SSSR count). The number of methoxy groups -OCH3 is 2. The van der Waals surface area contributed by atoms with E-state index in [0.717, 1.165) is 38.5 Å². The van der Waals surface area contributed by atoms with E-state index in [4.69, 9.17) is 19.7 Å². The van der Waals surface area contributed by atoms with Gasteiger partial charge < -0.3 is 19.7 Å². The van der Waals surface area contributed by atoms with Crippen molar-refractivity contribution in [3.05, 3.63) is 93.6 Å². The van der Waals surface area contributed by atoms with Crippen LogP contribution in [0.5, 0.6) is 0 Å². The number of rotatable bonds is 8. The average molecular weight is 727 g/mol. The molecule has 2 fully saturated rings. The summed E-state index contributed by atoms with van der Waals surface area (Å²) in [7, 11) is 3.42. The summed E-state index contributed by atoms with van der Waals surface area (Å²) in [4.78, 5) is 22.2. The molecule has 53 heavy (non-hydrogen) atoms. The molecular weight excluding hydrogens is 661 g/mol. The Bertz CT molecular complexity index is 1760.